The Morgan fingerprint density at radius 1 is 1.80 bits per heavy atom. The molecule has 0 aliphatic rings. The van der Waals surface area contributed by atoms with Gasteiger partial charge in [0, 0.05) is 5.75 Å². The van der Waals surface area contributed by atoms with Crippen molar-refractivity contribution in [2.45, 2.75) is 13.0 Å². The number of carbonyl (C=O) groups is 1. The van der Waals surface area contributed by atoms with E-state index in [1.54, 1.807) is 6.92 Å². The van der Waals surface area contributed by atoms with Gasteiger partial charge in [0.25, 0.3) is 0 Å². The summed E-state index contributed by atoms with van der Waals surface area (Å²) in [6.45, 7) is 2.17. The second-order valence-electron chi connectivity index (χ2n) is 1.81. The van der Waals surface area contributed by atoms with Crippen LogP contribution in [0, 0.1) is 0 Å². The third kappa shape index (κ3) is 3.74. The van der Waals surface area contributed by atoms with Crippen LogP contribution in [0.15, 0.2) is 0 Å². The van der Waals surface area contributed by atoms with Crippen LogP contribution in [0.2, 0.25) is 0 Å². The monoisotopic (exact) mass is 163 g/mol. The van der Waals surface area contributed by atoms with E-state index in [1.807, 2.05) is 6.26 Å². The minimum absolute atomic E-state index is 0.308. The molecular weight excluding hydrogens is 150 g/mol. The highest BCUT2D eigenvalue weighted by molar-refractivity contribution is 7.98. The zero-order valence-corrected chi connectivity index (χ0v) is 7.11. The van der Waals surface area contributed by atoms with Crippen molar-refractivity contribution in [1.82, 2.24) is 0 Å². The minimum Gasteiger partial charge on any atom is -0.465 e. The van der Waals surface area contributed by atoms with Crippen LogP contribution in [0.25, 0.3) is 0 Å². The first-order chi connectivity index (χ1) is 4.72. The van der Waals surface area contributed by atoms with Crippen LogP contribution in [-0.4, -0.2) is 30.6 Å². The van der Waals surface area contributed by atoms with Gasteiger partial charge in [-0.15, -0.1) is 0 Å². The number of esters is 1. The lowest BCUT2D eigenvalue weighted by Gasteiger charge is -2.07. The quantitative estimate of drug-likeness (QED) is 0.603. The van der Waals surface area contributed by atoms with E-state index in [2.05, 4.69) is 4.74 Å². The van der Waals surface area contributed by atoms with E-state index in [9.17, 15) is 4.79 Å². The molecule has 3 nitrogen and oxygen atoms in total. The Morgan fingerprint density at radius 3 is 2.80 bits per heavy atom. The number of carbonyl (C=O) groups excluding carboxylic acids is 1. The number of hydrogen-bond donors (Lipinski definition) is 1. The predicted octanol–water partition coefficient (Wildman–Crippen LogP) is 0.240. The van der Waals surface area contributed by atoms with Crippen molar-refractivity contribution in [1.29, 1.82) is 0 Å². The molecule has 0 radical (unpaired) electrons. The molecule has 60 valence electrons. The second kappa shape index (κ2) is 5.56. The van der Waals surface area contributed by atoms with Crippen molar-refractivity contribution in [2.75, 3.05) is 18.6 Å². The van der Waals surface area contributed by atoms with Gasteiger partial charge in [-0.2, -0.15) is 11.8 Å². The summed E-state index contributed by atoms with van der Waals surface area (Å²) in [6.07, 6.45) is 1.90. The molecule has 0 saturated heterocycles. The lowest BCUT2D eigenvalue weighted by atomic mass is 10.4. The summed E-state index contributed by atoms with van der Waals surface area (Å²) < 4.78 is 4.68. The van der Waals surface area contributed by atoms with Gasteiger partial charge < -0.3 is 10.5 Å². The lowest BCUT2D eigenvalue weighted by molar-refractivity contribution is -0.144. The second-order valence-corrected chi connectivity index (χ2v) is 2.72. The largest absolute Gasteiger partial charge is 0.465 e. The minimum atomic E-state index is -0.463. The third-order valence-electron chi connectivity index (χ3n) is 0.936. The van der Waals surface area contributed by atoms with Crippen LogP contribution in [0.1, 0.15) is 6.92 Å². The first-order valence-corrected chi connectivity index (χ1v) is 4.53. The molecule has 0 fully saturated rings. The molecule has 0 amide bonds. The fourth-order valence-corrected chi connectivity index (χ4v) is 0.992. The van der Waals surface area contributed by atoms with E-state index >= 15 is 0 Å². The molecular formula is C6H13NO2S. The Labute approximate surface area is 65.3 Å². The Kier molecular flexibility index (Phi) is 5.43. The average Bonchev–Trinajstić information content (AvgIpc) is 1.89. The molecule has 0 aromatic carbocycles. The molecule has 0 aromatic heterocycles. The average molecular weight is 163 g/mol. The number of ether oxygens (including phenoxy) is 1. The van der Waals surface area contributed by atoms with Gasteiger partial charge in [0.1, 0.15) is 6.04 Å². The van der Waals surface area contributed by atoms with Gasteiger partial charge in [0.05, 0.1) is 6.61 Å². The van der Waals surface area contributed by atoms with E-state index in [0.29, 0.717) is 12.4 Å². The smallest absolute Gasteiger partial charge is 0.323 e. The molecule has 0 aliphatic carbocycles. The maximum atomic E-state index is 10.8. The number of nitrogens with two attached hydrogens (primary N) is 1. The molecule has 0 spiro atoms. The summed E-state index contributed by atoms with van der Waals surface area (Å²) >= 11 is 1.54. The Bertz CT molecular complexity index is 108. The normalized spacial score (nSPS) is 12.7. The molecule has 2 N–H and O–H groups in total. The molecule has 0 aromatic rings. The predicted molar refractivity (Wildman–Crippen MR) is 43.0 cm³/mol. The lowest BCUT2D eigenvalue weighted by Crippen LogP contribution is -2.34. The molecule has 1 unspecified atom stereocenters. The number of thioether (sulfide) groups is 1. The highest BCUT2D eigenvalue weighted by Crippen LogP contribution is 1.96. The zero-order chi connectivity index (χ0) is 7.98. The van der Waals surface area contributed by atoms with Gasteiger partial charge in [0.15, 0.2) is 0 Å². The highest BCUT2D eigenvalue weighted by atomic mass is 32.2. The van der Waals surface area contributed by atoms with Crippen molar-refractivity contribution >= 4 is 17.7 Å². The van der Waals surface area contributed by atoms with Crippen LogP contribution >= 0.6 is 11.8 Å². The fourth-order valence-electron chi connectivity index (χ4n) is 0.497. The summed E-state index contributed by atoms with van der Waals surface area (Å²) in [7, 11) is 0. The SMILES string of the molecule is CCOC(=O)C(N)CSC. The van der Waals surface area contributed by atoms with Gasteiger partial charge in [-0.05, 0) is 13.2 Å². The van der Waals surface area contributed by atoms with E-state index in [0.717, 1.165) is 0 Å². The Morgan fingerprint density at radius 2 is 2.40 bits per heavy atom. The Balaban J connectivity index is 3.49. The first-order valence-electron chi connectivity index (χ1n) is 3.13. The summed E-state index contributed by atoms with van der Waals surface area (Å²) in [5, 5.41) is 0. The van der Waals surface area contributed by atoms with Crippen molar-refractivity contribution < 1.29 is 9.53 Å². The van der Waals surface area contributed by atoms with Gasteiger partial charge in [-0.3, -0.25) is 4.79 Å². The van der Waals surface area contributed by atoms with E-state index in [-0.39, 0.29) is 5.97 Å². The number of rotatable bonds is 4. The van der Waals surface area contributed by atoms with Crippen LogP contribution in [0.5, 0.6) is 0 Å². The molecule has 0 saturated carbocycles. The van der Waals surface area contributed by atoms with Crippen LogP contribution < -0.4 is 5.73 Å². The molecule has 4 heteroatoms. The van der Waals surface area contributed by atoms with Crippen LogP contribution in [0.3, 0.4) is 0 Å². The van der Waals surface area contributed by atoms with E-state index in [4.69, 9.17) is 5.73 Å². The highest BCUT2D eigenvalue weighted by Gasteiger charge is 2.12. The molecule has 0 rings (SSSR count). The van der Waals surface area contributed by atoms with Crippen LogP contribution in [0.4, 0.5) is 0 Å². The molecule has 0 aliphatic heterocycles. The van der Waals surface area contributed by atoms with Crippen LogP contribution in [-0.2, 0) is 9.53 Å². The summed E-state index contributed by atoms with van der Waals surface area (Å²) in [6, 6.07) is -0.463. The van der Waals surface area contributed by atoms with Gasteiger partial charge in [-0.1, -0.05) is 0 Å². The summed E-state index contributed by atoms with van der Waals surface area (Å²) in [5.41, 5.74) is 5.42. The first kappa shape index (κ1) is 9.78. The van der Waals surface area contributed by atoms with Gasteiger partial charge in [0.2, 0.25) is 0 Å². The van der Waals surface area contributed by atoms with E-state index < -0.39 is 6.04 Å². The van der Waals surface area contributed by atoms with E-state index in [1.165, 1.54) is 11.8 Å². The maximum Gasteiger partial charge on any atom is 0.323 e. The third-order valence-corrected chi connectivity index (χ3v) is 1.63. The molecule has 0 bridgehead atoms. The molecule has 10 heavy (non-hydrogen) atoms. The number of hydrogen-bond acceptors (Lipinski definition) is 4. The van der Waals surface area contributed by atoms with Gasteiger partial charge >= 0.3 is 5.97 Å². The Hall–Kier alpha value is -0.220. The maximum absolute atomic E-state index is 10.8. The molecule has 1 atom stereocenters. The van der Waals surface area contributed by atoms with Crippen molar-refractivity contribution in [3.8, 4) is 0 Å². The molecule has 0 heterocycles. The van der Waals surface area contributed by atoms with Gasteiger partial charge in [-0.25, -0.2) is 0 Å². The topological polar surface area (TPSA) is 52.3 Å². The van der Waals surface area contributed by atoms with Crippen molar-refractivity contribution in [2.24, 2.45) is 5.73 Å². The summed E-state index contributed by atoms with van der Waals surface area (Å²) in [5.74, 6) is 0.315. The summed E-state index contributed by atoms with van der Waals surface area (Å²) in [4.78, 5) is 10.8. The van der Waals surface area contributed by atoms with Crippen molar-refractivity contribution in [3.63, 3.8) is 0 Å². The fraction of sp³-hybridized carbons (Fsp3) is 0.833. The standard InChI is InChI=1S/C6H13NO2S/c1-3-9-6(8)5(7)4-10-2/h5H,3-4,7H2,1-2H3. The zero-order valence-electron chi connectivity index (χ0n) is 6.29. The van der Waals surface area contributed by atoms with Crippen molar-refractivity contribution in [3.05, 3.63) is 0 Å².